The van der Waals surface area contributed by atoms with E-state index in [-0.39, 0.29) is 0 Å². The molecule has 0 spiro atoms. The van der Waals surface area contributed by atoms with Crippen LogP contribution in [-0.2, 0) is 14.3 Å². The highest BCUT2D eigenvalue weighted by Gasteiger charge is 2.13. The fourth-order valence-electron chi connectivity index (χ4n) is 1.95. The van der Waals surface area contributed by atoms with Gasteiger partial charge in [-0.15, -0.1) is 0 Å². The second kappa shape index (κ2) is 11.2. The van der Waals surface area contributed by atoms with Crippen LogP contribution >= 0.6 is 0 Å². The molecule has 0 aliphatic carbocycles. The second-order valence-corrected chi connectivity index (χ2v) is 5.93. The Morgan fingerprint density at radius 1 is 1.04 bits per heavy atom. The molecule has 0 saturated heterocycles. The summed E-state index contributed by atoms with van der Waals surface area (Å²) < 4.78 is 5.11. The lowest BCUT2D eigenvalue weighted by atomic mass is 10.2. The maximum atomic E-state index is 11.8. The van der Waals surface area contributed by atoms with Crippen molar-refractivity contribution in [3.8, 4) is 0 Å². The maximum absolute atomic E-state index is 11.8. The Hall–Kier alpha value is -2.41. The molecule has 138 valence electrons. The number of ether oxygens (including phenoxy) is 1. The van der Waals surface area contributed by atoms with Gasteiger partial charge in [0.05, 0.1) is 12.2 Å². The Morgan fingerprint density at radius 3 is 2.32 bits per heavy atom. The van der Waals surface area contributed by atoms with Crippen LogP contribution in [0.1, 0.15) is 36.5 Å². The van der Waals surface area contributed by atoms with Crippen molar-refractivity contribution in [3.63, 3.8) is 0 Å². The number of nitrogens with zero attached hydrogens (tertiary/aromatic N) is 1. The van der Waals surface area contributed by atoms with Crippen molar-refractivity contribution in [3.05, 3.63) is 29.8 Å². The fraction of sp³-hybridized carbons (Fsp3) is 0.500. The molecular weight excluding hydrogens is 322 g/mol. The predicted octanol–water partition coefficient (Wildman–Crippen LogP) is 1.65. The van der Waals surface area contributed by atoms with Gasteiger partial charge in [0.25, 0.3) is 0 Å². The molecule has 0 atom stereocenters. The van der Waals surface area contributed by atoms with Gasteiger partial charge in [0.1, 0.15) is 0 Å². The smallest absolute Gasteiger partial charge is 0.338 e. The predicted molar refractivity (Wildman–Crippen MR) is 96.4 cm³/mol. The number of unbranched alkanes of at least 4 members (excludes halogenated alkanes) is 1. The minimum atomic E-state index is -0.733. The first-order valence-electron chi connectivity index (χ1n) is 8.45. The van der Waals surface area contributed by atoms with E-state index < -0.39 is 17.8 Å². The number of anilines is 1. The van der Waals surface area contributed by atoms with Crippen LogP contribution in [0.4, 0.5) is 5.69 Å². The number of amides is 2. The monoisotopic (exact) mass is 349 g/mol. The summed E-state index contributed by atoms with van der Waals surface area (Å²) in [5.41, 5.74) is 0.848. The SMILES string of the molecule is CCCCOC(=O)c1ccc(NC(=O)C(=O)NCCCN(C)C)cc1. The van der Waals surface area contributed by atoms with Gasteiger partial charge in [-0.2, -0.15) is 0 Å². The molecule has 0 unspecified atom stereocenters. The number of carbonyl (C=O) groups is 3. The van der Waals surface area contributed by atoms with Crippen molar-refractivity contribution >= 4 is 23.5 Å². The highest BCUT2D eigenvalue weighted by atomic mass is 16.5. The van der Waals surface area contributed by atoms with Crippen molar-refractivity contribution in [1.29, 1.82) is 0 Å². The van der Waals surface area contributed by atoms with Crippen molar-refractivity contribution in [2.75, 3.05) is 39.1 Å². The third kappa shape index (κ3) is 8.30. The second-order valence-electron chi connectivity index (χ2n) is 5.93. The number of carbonyl (C=O) groups excluding carboxylic acids is 3. The average molecular weight is 349 g/mol. The van der Waals surface area contributed by atoms with Gasteiger partial charge in [0, 0.05) is 12.2 Å². The van der Waals surface area contributed by atoms with Gasteiger partial charge in [0.15, 0.2) is 0 Å². The molecule has 7 nitrogen and oxygen atoms in total. The van der Waals surface area contributed by atoms with Gasteiger partial charge in [-0.05, 0) is 57.7 Å². The van der Waals surface area contributed by atoms with Crippen LogP contribution in [0.3, 0.4) is 0 Å². The maximum Gasteiger partial charge on any atom is 0.338 e. The molecule has 0 heterocycles. The average Bonchev–Trinajstić information content (AvgIpc) is 2.59. The minimum absolute atomic E-state index is 0.391. The zero-order chi connectivity index (χ0) is 18.7. The van der Waals surface area contributed by atoms with Gasteiger partial charge in [-0.3, -0.25) is 9.59 Å². The molecule has 25 heavy (non-hydrogen) atoms. The van der Waals surface area contributed by atoms with Gasteiger partial charge in [-0.1, -0.05) is 13.3 Å². The van der Waals surface area contributed by atoms with Gasteiger partial charge in [-0.25, -0.2) is 4.79 Å². The number of nitrogens with one attached hydrogen (secondary N) is 2. The van der Waals surface area contributed by atoms with Crippen LogP contribution in [0.2, 0.25) is 0 Å². The Labute approximate surface area is 148 Å². The van der Waals surface area contributed by atoms with Crippen LogP contribution in [0.25, 0.3) is 0 Å². The summed E-state index contributed by atoms with van der Waals surface area (Å²) in [7, 11) is 3.88. The molecule has 0 saturated carbocycles. The summed E-state index contributed by atoms with van der Waals surface area (Å²) in [6, 6.07) is 6.24. The molecule has 0 bridgehead atoms. The normalized spacial score (nSPS) is 10.4. The molecule has 1 aromatic rings. The first-order valence-corrected chi connectivity index (χ1v) is 8.45. The van der Waals surface area contributed by atoms with E-state index in [1.165, 1.54) is 0 Å². The molecule has 0 radical (unpaired) electrons. The molecule has 0 aromatic heterocycles. The molecule has 1 rings (SSSR count). The van der Waals surface area contributed by atoms with Crippen molar-refractivity contribution in [2.45, 2.75) is 26.2 Å². The molecule has 0 aliphatic rings. The van der Waals surface area contributed by atoms with E-state index in [2.05, 4.69) is 10.6 Å². The zero-order valence-electron chi connectivity index (χ0n) is 15.1. The lowest BCUT2D eigenvalue weighted by molar-refractivity contribution is -0.136. The van der Waals surface area contributed by atoms with Gasteiger partial charge in [0.2, 0.25) is 0 Å². The van der Waals surface area contributed by atoms with Crippen molar-refractivity contribution in [1.82, 2.24) is 10.2 Å². The molecule has 0 aliphatic heterocycles. The fourth-order valence-corrected chi connectivity index (χ4v) is 1.95. The highest BCUT2D eigenvalue weighted by Crippen LogP contribution is 2.10. The van der Waals surface area contributed by atoms with Crippen LogP contribution < -0.4 is 10.6 Å². The summed E-state index contributed by atoms with van der Waals surface area (Å²) in [4.78, 5) is 37.3. The van der Waals surface area contributed by atoms with Crippen molar-refractivity contribution < 1.29 is 19.1 Å². The minimum Gasteiger partial charge on any atom is -0.462 e. The zero-order valence-corrected chi connectivity index (χ0v) is 15.1. The molecule has 1 aromatic carbocycles. The van der Waals surface area contributed by atoms with E-state index in [0.29, 0.717) is 24.4 Å². The molecule has 7 heteroatoms. The van der Waals surface area contributed by atoms with E-state index in [9.17, 15) is 14.4 Å². The van der Waals surface area contributed by atoms with Gasteiger partial charge >= 0.3 is 17.8 Å². The summed E-state index contributed by atoms with van der Waals surface area (Å²) in [6.45, 7) is 3.68. The first-order chi connectivity index (χ1) is 11.9. The van der Waals surface area contributed by atoms with Crippen LogP contribution in [0.5, 0.6) is 0 Å². The Balaban J connectivity index is 2.42. The van der Waals surface area contributed by atoms with E-state index in [0.717, 1.165) is 25.8 Å². The number of esters is 1. The van der Waals surface area contributed by atoms with Gasteiger partial charge < -0.3 is 20.3 Å². The standard InChI is InChI=1S/C18H27N3O4/c1-4-5-13-25-18(24)14-7-9-15(10-8-14)20-17(23)16(22)19-11-6-12-21(2)3/h7-10H,4-6,11-13H2,1-3H3,(H,19,22)(H,20,23). The van der Waals surface area contributed by atoms with E-state index in [1.54, 1.807) is 24.3 Å². The number of rotatable bonds is 9. The summed E-state index contributed by atoms with van der Waals surface area (Å²) in [5, 5.41) is 5.06. The first kappa shape index (κ1) is 20.6. The Morgan fingerprint density at radius 2 is 1.72 bits per heavy atom. The number of hydrogen-bond donors (Lipinski definition) is 2. The quantitative estimate of drug-likeness (QED) is 0.402. The van der Waals surface area contributed by atoms with Crippen molar-refractivity contribution in [2.24, 2.45) is 0 Å². The number of benzene rings is 1. The topological polar surface area (TPSA) is 87.7 Å². The number of hydrogen-bond acceptors (Lipinski definition) is 5. The molecule has 2 N–H and O–H groups in total. The molecule has 0 fully saturated rings. The van der Waals surface area contributed by atoms with Crippen LogP contribution in [-0.4, -0.2) is 56.5 Å². The molecular formula is C18H27N3O4. The van der Waals surface area contributed by atoms with E-state index in [4.69, 9.17) is 4.74 Å². The summed E-state index contributed by atoms with van der Waals surface area (Å²) >= 11 is 0. The van der Waals surface area contributed by atoms with E-state index >= 15 is 0 Å². The van der Waals surface area contributed by atoms with E-state index in [1.807, 2.05) is 25.9 Å². The Bertz CT molecular complexity index is 570. The third-order valence-electron chi connectivity index (χ3n) is 3.38. The third-order valence-corrected chi connectivity index (χ3v) is 3.38. The lowest BCUT2D eigenvalue weighted by Gasteiger charge is -2.10. The molecule has 2 amide bonds. The summed E-state index contributed by atoms with van der Waals surface area (Å²) in [6.07, 6.45) is 2.54. The van der Waals surface area contributed by atoms with Crippen LogP contribution in [0, 0.1) is 0 Å². The Kier molecular flexibility index (Phi) is 9.24. The highest BCUT2D eigenvalue weighted by molar-refractivity contribution is 6.39. The van der Waals surface area contributed by atoms with Crippen LogP contribution in [0.15, 0.2) is 24.3 Å². The summed E-state index contributed by atoms with van der Waals surface area (Å²) in [5.74, 6) is -1.81. The lowest BCUT2D eigenvalue weighted by Crippen LogP contribution is -2.36. The largest absolute Gasteiger partial charge is 0.462 e.